The molecule has 27 heavy (non-hydrogen) atoms. The van der Waals surface area contributed by atoms with Crippen LogP contribution in [0.4, 0.5) is 5.82 Å². The second-order valence-electron chi connectivity index (χ2n) is 6.08. The van der Waals surface area contributed by atoms with E-state index in [1.165, 1.54) is 4.68 Å². The number of carbonyl (C=O) groups is 1. The van der Waals surface area contributed by atoms with Crippen LogP contribution in [0.2, 0.25) is 0 Å². The van der Waals surface area contributed by atoms with Crippen molar-refractivity contribution in [2.75, 3.05) is 5.32 Å². The highest BCUT2D eigenvalue weighted by Gasteiger charge is 2.16. The molecule has 0 amide bonds. The van der Waals surface area contributed by atoms with Crippen LogP contribution in [0.15, 0.2) is 91.3 Å². The van der Waals surface area contributed by atoms with E-state index in [0.717, 1.165) is 16.8 Å². The van der Waals surface area contributed by atoms with E-state index in [0.29, 0.717) is 17.9 Å². The SMILES string of the molecule is O=C(c1ccccc1)n1nc(-c2ccccc2)cc1NCc1cccnc1. The van der Waals surface area contributed by atoms with Crippen molar-refractivity contribution in [1.29, 1.82) is 0 Å². The maximum absolute atomic E-state index is 13.0. The van der Waals surface area contributed by atoms with Gasteiger partial charge in [-0.05, 0) is 23.8 Å². The van der Waals surface area contributed by atoms with Crippen LogP contribution in [0.5, 0.6) is 0 Å². The van der Waals surface area contributed by atoms with Gasteiger partial charge in [0.2, 0.25) is 0 Å². The Kier molecular flexibility index (Phi) is 4.74. The van der Waals surface area contributed by atoms with E-state index in [1.807, 2.05) is 66.7 Å². The summed E-state index contributed by atoms with van der Waals surface area (Å²) in [6.07, 6.45) is 3.53. The number of hydrogen-bond donors (Lipinski definition) is 1. The molecule has 0 bridgehead atoms. The van der Waals surface area contributed by atoms with Gasteiger partial charge in [0.1, 0.15) is 5.82 Å². The molecule has 2 aromatic carbocycles. The summed E-state index contributed by atoms with van der Waals surface area (Å²) in [5, 5.41) is 7.87. The van der Waals surface area contributed by atoms with Gasteiger partial charge in [-0.15, -0.1) is 0 Å². The smallest absolute Gasteiger partial charge is 0.280 e. The number of carbonyl (C=O) groups excluding carboxylic acids is 1. The molecule has 0 aliphatic heterocycles. The molecule has 0 fully saturated rings. The van der Waals surface area contributed by atoms with Crippen molar-refractivity contribution in [3.63, 3.8) is 0 Å². The van der Waals surface area contributed by atoms with Gasteiger partial charge in [0, 0.05) is 36.1 Å². The Morgan fingerprint density at radius 3 is 2.37 bits per heavy atom. The third-order valence-electron chi connectivity index (χ3n) is 4.19. The Morgan fingerprint density at radius 2 is 1.67 bits per heavy atom. The molecule has 5 nitrogen and oxygen atoms in total. The molecule has 0 aliphatic carbocycles. The van der Waals surface area contributed by atoms with Crippen molar-refractivity contribution in [3.05, 3.63) is 102 Å². The Labute approximate surface area is 157 Å². The van der Waals surface area contributed by atoms with Gasteiger partial charge >= 0.3 is 0 Å². The van der Waals surface area contributed by atoms with Gasteiger partial charge < -0.3 is 5.32 Å². The number of nitrogens with zero attached hydrogens (tertiary/aromatic N) is 3. The van der Waals surface area contributed by atoms with Gasteiger partial charge in [0.15, 0.2) is 0 Å². The van der Waals surface area contributed by atoms with Gasteiger partial charge in [-0.3, -0.25) is 9.78 Å². The molecule has 0 spiro atoms. The lowest BCUT2D eigenvalue weighted by Crippen LogP contribution is -2.17. The summed E-state index contributed by atoms with van der Waals surface area (Å²) in [6, 6.07) is 24.7. The van der Waals surface area contributed by atoms with E-state index in [9.17, 15) is 4.79 Å². The lowest BCUT2D eigenvalue weighted by atomic mass is 10.1. The molecule has 0 saturated heterocycles. The van der Waals surface area contributed by atoms with Crippen LogP contribution in [0.1, 0.15) is 15.9 Å². The molecular weight excluding hydrogens is 336 g/mol. The molecular formula is C22H18N4O. The fraction of sp³-hybridized carbons (Fsp3) is 0.0455. The fourth-order valence-corrected chi connectivity index (χ4v) is 2.81. The molecule has 2 heterocycles. The molecule has 4 aromatic rings. The van der Waals surface area contributed by atoms with Crippen molar-refractivity contribution in [2.45, 2.75) is 6.54 Å². The number of rotatable bonds is 5. The minimum Gasteiger partial charge on any atom is -0.366 e. The predicted molar refractivity (Wildman–Crippen MR) is 105 cm³/mol. The summed E-state index contributed by atoms with van der Waals surface area (Å²) in [7, 11) is 0. The van der Waals surface area contributed by atoms with E-state index in [2.05, 4.69) is 15.4 Å². The topological polar surface area (TPSA) is 59.8 Å². The Hall–Kier alpha value is -3.73. The molecule has 2 aromatic heterocycles. The van der Waals surface area contributed by atoms with E-state index in [1.54, 1.807) is 24.5 Å². The van der Waals surface area contributed by atoms with Gasteiger partial charge in [0.05, 0.1) is 5.69 Å². The van der Waals surface area contributed by atoms with Gasteiger partial charge in [-0.25, -0.2) is 0 Å². The van der Waals surface area contributed by atoms with E-state index in [-0.39, 0.29) is 5.91 Å². The van der Waals surface area contributed by atoms with Gasteiger partial charge in [-0.1, -0.05) is 54.6 Å². The first-order chi connectivity index (χ1) is 13.3. The lowest BCUT2D eigenvalue weighted by Gasteiger charge is -2.08. The monoisotopic (exact) mass is 354 g/mol. The van der Waals surface area contributed by atoms with Crippen molar-refractivity contribution in [3.8, 4) is 11.3 Å². The molecule has 132 valence electrons. The molecule has 0 radical (unpaired) electrons. The number of aromatic nitrogens is 3. The zero-order valence-electron chi connectivity index (χ0n) is 14.6. The molecule has 0 atom stereocenters. The van der Waals surface area contributed by atoms with Crippen LogP contribution >= 0.6 is 0 Å². The third kappa shape index (κ3) is 3.77. The zero-order valence-corrected chi connectivity index (χ0v) is 14.6. The Bertz CT molecular complexity index is 1030. The first-order valence-electron chi connectivity index (χ1n) is 8.69. The third-order valence-corrected chi connectivity index (χ3v) is 4.19. The summed E-state index contributed by atoms with van der Waals surface area (Å²) in [5.41, 5.74) is 3.32. The van der Waals surface area contributed by atoms with Crippen molar-refractivity contribution >= 4 is 11.7 Å². The van der Waals surface area contributed by atoms with E-state index >= 15 is 0 Å². The number of nitrogens with one attached hydrogen (secondary N) is 1. The minimum atomic E-state index is -0.175. The quantitative estimate of drug-likeness (QED) is 0.582. The predicted octanol–water partition coefficient (Wildman–Crippen LogP) is 4.25. The highest BCUT2D eigenvalue weighted by molar-refractivity contribution is 5.97. The molecule has 1 N–H and O–H groups in total. The summed E-state index contributed by atoms with van der Waals surface area (Å²) in [5.74, 6) is 0.470. The standard InChI is InChI=1S/C22H18N4O/c27-22(19-11-5-2-6-12-19)26-21(24-16-17-8-7-13-23-15-17)14-20(25-26)18-9-3-1-4-10-18/h1-15,24H,16H2. The number of benzene rings is 2. The van der Waals surface area contributed by atoms with Crippen molar-refractivity contribution in [2.24, 2.45) is 0 Å². The summed E-state index contributed by atoms with van der Waals surface area (Å²) in [4.78, 5) is 17.1. The second kappa shape index (κ2) is 7.66. The second-order valence-corrected chi connectivity index (χ2v) is 6.08. The maximum atomic E-state index is 13.0. The van der Waals surface area contributed by atoms with Crippen LogP contribution in [0.25, 0.3) is 11.3 Å². The first-order valence-corrected chi connectivity index (χ1v) is 8.69. The summed E-state index contributed by atoms with van der Waals surface area (Å²) >= 11 is 0. The minimum absolute atomic E-state index is 0.175. The number of hydrogen-bond acceptors (Lipinski definition) is 4. The van der Waals surface area contributed by atoms with Gasteiger partial charge in [0.25, 0.3) is 5.91 Å². The van der Waals surface area contributed by atoms with E-state index in [4.69, 9.17) is 0 Å². The van der Waals surface area contributed by atoms with Crippen molar-refractivity contribution in [1.82, 2.24) is 14.8 Å². The normalized spacial score (nSPS) is 10.5. The fourth-order valence-electron chi connectivity index (χ4n) is 2.81. The number of pyridine rings is 1. The molecule has 0 aliphatic rings. The first kappa shape index (κ1) is 16.7. The zero-order chi connectivity index (χ0) is 18.5. The van der Waals surface area contributed by atoms with Gasteiger partial charge in [-0.2, -0.15) is 9.78 Å². The lowest BCUT2D eigenvalue weighted by molar-refractivity contribution is 0.0948. The van der Waals surface area contributed by atoms with Crippen LogP contribution in [0, 0.1) is 0 Å². The number of anilines is 1. The maximum Gasteiger partial charge on any atom is 0.280 e. The van der Waals surface area contributed by atoms with Crippen LogP contribution in [-0.2, 0) is 6.54 Å². The van der Waals surface area contributed by atoms with Crippen molar-refractivity contribution < 1.29 is 4.79 Å². The average molecular weight is 354 g/mol. The highest BCUT2D eigenvalue weighted by Crippen LogP contribution is 2.23. The van der Waals surface area contributed by atoms with Crippen LogP contribution in [-0.4, -0.2) is 20.7 Å². The Balaban J connectivity index is 1.69. The molecule has 0 unspecified atom stereocenters. The molecule has 0 saturated carbocycles. The van der Waals surface area contributed by atoms with Crippen LogP contribution in [0.3, 0.4) is 0 Å². The molecule has 5 heteroatoms. The highest BCUT2D eigenvalue weighted by atomic mass is 16.2. The average Bonchev–Trinajstić information content (AvgIpc) is 3.18. The largest absolute Gasteiger partial charge is 0.366 e. The van der Waals surface area contributed by atoms with E-state index < -0.39 is 0 Å². The van der Waals surface area contributed by atoms with Crippen LogP contribution < -0.4 is 5.32 Å². The molecule has 4 rings (SSSR count). The summed E-state index contributed by atoms with van der Waals surface area (Å²) < 4.78 is 1.42. The summed E-state index contributed by atoms with van der Waals surface area (Å²) in [6.45, 7) is 0.551. The Morgan fingerprint density at radius 1 is 0.926 bits per heavy atom.